The predicted molar refractivity (Wildman–Crippen MR) is 66.2 cm³/mol. The molecule has 0 spiro atoms. The van der Waals surface area contributed by atoms with E-state index in [2.05, 4.69) is 10.4 Å². The van der Waals surface area contributed by atoms with Crippen LogP contribution >= 0.6 is 12.4 Å². The molecule has 1 aromatic heterocycles. The fourth-order valence-electron chi connectivity index (χ4n) is 2.06. The second-order valence-electron chi connectivity index (χ2n) is 4.13. The van der Waals surface area contributed by atoms with Crippen LogP contribution in [0.15, 0.2) is 12.4 Å². The maximum absolute atomic E-state index is 5.09. The molecule has 0 amide bonds. The summed E-state index contributed by atoms with van der Waals surface area (Å²) in [6.07, 6.45) is 7.56. The van der Waals surface area contributed by atoms with E-state index in [1.165, 1.54) is 32.4 Å². The summed E-state index contributed by atoms with van der Waals surface area (Å²) in [6.45, 7) is 3.36. The molecule has 1 fully saturated rings. The van der Waals surface area contributed by atoms with E-state index in [4.69, 9.17) is 4.74 Å². The summed E-state index contributed by atoms with van der Waals surface area (Å²) in [7, 11) is 1.67. The molecule has 5 heteroatoms. The SMILES string of the molecule is COc1cnn(CCC2CCNCC2)c1.Cl. The topological polar surface area (TPSA) is 39.1 Å². The number of nitrogens with one attached hydrogen (secondary N) is 1. The van der Waals surface area contributed by atoms with Gasteiger partial charge >= 0.3 is 0 Å². The third-order valence-electron chi connectivity index (χ3n) is 3.07. The van der Waals surface area contributed by atoms with Gasteiger partial charge in [0, 0.05) is 6.54 Å². The van der Waals surface area contributed by atoms with E-state index in [-0.39, 0.29) is 12.4 Å². The van der Waals surface area contributed by atoms with Crippen LogP contribution in [-0.4, -0.2) is 30.0 Å². The quantitative estimate of drug-likeness (QED) is 0.878. The van der Waals surface area contributed by atoms with Gasteiger partial charge in [-0.25, -0.2) is 0 Å². The number of hydrogen-bond acceptors (Lipinski definition) is 3. The van der Waals surface area contributed by atoms with Gasteiger partial charge in [-0.3, -0.25) is 4.68 Å². The average molecular weight is 246 g/mol. The van der Waals surface area contributed by atoms with Gasteiger partial charge in [0.25, 0.3) is 0 Å². The van der Waals surface area contributed by atoms with E-state index in [0.717, 1.165) is 18.2 Å². The van der Waals surface area contributed by atoms with Crippen LogP contribution in [0.25, 0.3) is 0 Å². The van der Waals surface area contributed by atoms with Crippen molar-refractivity contribution in [2.75, 3.05) is 20.2 Å². The van der Waals surface area contributed by atoms with Crippen molar-refractivity contribution in [3.05, 3.63) is 12.4 Å². The maximum Gasteiger partial charge on any atom is 0.156 e. The molecule has 0 saturated carbocycles. The average Bonchev–Trinajstić information content (AvgIpc) is 2.76. The Morgan fingerprint density at radius 1 is 1.50 bits per heavy atom. The molecule has 92 valence electrons. The third-order valence-corrected chi connectivity index (χ3v) is 3.07. The molecule has 1 aromatic rings. The van der Waals surface area contributed by atoms with Gasteiger partial charge in [0.1, 0.15) is 0 Å². The van der Waals surface area contributed by atoms with Crippen LogP contribution in [-0.2, 0) is 6.54 Å². The van der Waals surface area contributed by atoms with Crippen molar-refractivity contribution in [3.63, 3.8) is 0 Å². The van der Waals surface area contributed by atoms with Crippen molar-refractivity contribution in [2.45, 2.75) is 25.8 Å². The molecule has 1 N–H and O–H groups in total. The van der Waals surface area contributed by atoms with Crippen LogP contribution in [0.2, 0.25) is 0 Å². The van der Waals surface area contributed by atoms with E-state index >= 15 is 0 Å². The van der Waals surface area contributed by atoms with Crippen molar-refractivity contribution in [3.8, 4) is 5.75 Å². The van der Waals surface area contributed by atoms with Gasteiger partial charge < -0.3 is 10.1 Å². The van der Waals surface area contributed by atoms with Gasteiger partial charge in [0.15, 0.2) is 5.75 Å². The number of rotatable bonds is 4. The number of aromatic nitrogens is 2. The summed E-state index contributed by atoms with van der Waals surface area (Å²) in [4.78, 5) is 0. The minimum atomic E-state index is 0. The first-order valence-corrected chi connectivity index (χ1v) is 5.65. The van der Waals surface area contributed by atoms with Gasteiger partial charge in [0.05, 0.1) is 19.5 Å². The highest BCUT2D eigenvalue weighted by Crippen LogP contribution is 2.17. The number of hydrogen-bond donors (Lipinski definition) is 1. The molecule has 0 bridgehead atoms. The van der Waals surface area contributed by atoms with E-state index in [1.807, 2.05) is 10.9 Å². The Morgan fingerprint density at radius 2 is 2.25 bits per heavy atom. The normalized spacial score (nSPS) is 16.8. The number of nitrogens with zero attached hydrogens (tertiary/aromatic N) is 2. The lowest BCUT2D eigenvalue weighted by atomic mass is 9.95. The first-order chi connectivity index (χ1) is 7.38. The summed E-state index contributed by atoms with van der Waals surface area (Å²) in [5.41, 5.74) is 0. The number of ether oxygens (including phenoxy) is 1. The second-order valence-corrected chi connectivity index (χ2v) is 4.13. The zero-order chi connectivity index (χ0) is 10.5. The molecule has 1 aliphatic rings. The van der Waals surface area contributed by atoms with Crippen molar-refractivity contribution in [2.24, 2.45) is 5.92 Å². The van der Waals surface area contributed by atoms with Gasteiger partial charge in [-0.15, -0.1) is 12.4 Å². The third kappa shape index (κ3) is 3.68. The van der Waals surface area contributed by atoms with Crippen molar-refractivity contribution in [1.29, 1.82) is 0 Å². The van der Waals surface area contributed by atoms with Gasteiger partial charge in [-0.05, 0) is 38.3 Å². The number of methoxy groups -OCH3 is 1. The summed E-state index contributed by atoms with van der Waals surface area (Å²) in [6, 6.07) is 0. The van der Waals surface area contributed by atoms with E-state index in [1.54, 1.807) is 13.3 Å². The van der Waals surface area contributed by atoms with Crippen molar-refractivity contribution >= 4 is 12.4 Å². The molecule has 0 aliphatic carbocycles. The van der Waals surface area contributed by atoms with Crippen LogP contribution in [0.3, 0.4) is 0 Å². The Hall–Kier alpha value is -0.740. The molecule has 16 heavy (non-hydrogen) atoms. The van der Waals surface area contributed by atoms with Crippen molar-refractivity contribution < 1.29 is 4.74 Å². The zero-order valence-electron chi connectivity index (χ0n) is 9.69. The Kier molecular flexibility index (Phi) is 5.63. The van der Waals surface area contributed by atoms with E-state index in [0.29, 0.717) is 0 Å². The molecule has 0 unspecified atom stereocenters. The highest BCUT2D eigenvalue weighted by molar-refractivity contribution is 5.85. The molecule has 1 saturated heterocycles. The molecule has 1 aliphatic heterocycles. The molecule has 2 rings (SSSR count). The highest BCUT2D eigenvalue weighted by Gasteiger charge is 2.12. The van der Waals surface area contributed by atoms with Crippen LogP contribution in [0, 0.1) is 5.92 Å². The highest BCUT2D eigenvalue weighted by atomic mass is 35.5. The minimum Gasteiger partial charge on any atom is -0.493 e. The van der Waals surface area contributed by atoms with E-state index in [9.17, 15) is 0 Å². The fourth-order valence-corrected chi connectivity index (χ4v) is 2.06. The maximum atomic E-state index is 5.09. The minimum absolute atomic E-state index is 0. The Balaban J connectivity index is 0.00000128. The molecule has 0 aromatic carbocycles. The molecule has 0 radical (unpaired) electrons. The molecule has 4 nitrogen and oxygen atoms in total. The smallest absolute Gasteiger partial charge is 0.156 e. The molecular formula is C11H20ClN3O. The van der Waals surface area contributed by atoms with Crippen LogP contribution in [0.1, 0.15) is 19.3 Å². The lowest BCUT2D eigenvalue weighted by Gasteiger charge is -2.22. The first kappa shape index (κ1) is 13.3. The number of halogens is 1. The standard InChI is InChI=1S/C11H19N3O.ClH/c1-15-11-8-13-14(9-11)7-4-10-2-5-12-6-3-10;/h8-10,12H,2-7H2,1H3;1H. The summed E-state index contributed by atoms with van der Waals surface area (Å²) >= 11 is 0. The summed E-state index contributed by atoms with van der Waals surface area (Å²) in [5, 5.41) is 7.63. The van der Waals surface area contributed by atoms with Crippen LogP contribution < -0.4 is 10.1 Å². The molecule has 0 atom stereocenters. The van der Waals surface area contributed by atoms with Crippen LogP contribution in [0.4, 0.5) is 0 Å². The fraction of sp³-hybridized carbons (Fsp3) is 0.727. The lowest BCUT2D eigenvalue weighted by Crippen LogP contribution is -2.28. The monoisotopic (exact) mass is 245 g/mol. The van der Waals surface area contributed by atoms with Gasteiger partial charge in [-0.2, -0.15) is 5.10 Å². The number of piperidine rings is 1. The Labute approximate surface area is 103 Å². The summed E-state index contributed by atoms with van der Waals surface area (Å²) in [5.74, 6) is 1.71. The zero-order valence-corrected chi connectivity index (χ0v) is 10.5. The molecular weight excluding hydrogens is 226 g/mol. The second kappa shape index (κ2) is 6.76. The van der Waals surface area contributed by atoms with Crippen molar-refractivity contribution in [1.82, 2.24) is 15.1 Å². The van der Waals surface area contributed by atoms with Crippen LogP contribution in [0.5, 0.6) is 5.75 Å². The number of aryl methyl sites for hydroxylation is 1. The first-order valence-electron chi connectivity index (χ1n) is 5.65. The Morgan fingerprint density at radius 3 is 2.88 bits per heavy atom. The summed E-state index contributed by atoms with van der Waals surface area (Å²) < 4.78 is 7.07. The van der Waals surface area contributed by atoms with Gasteiger partial charge in [0.2, 0.25) is 0 Å². The predicted octanol–water partition coefficient (Wildman–Crippen LogP) is 1.70. The lowest BCUT2D eigenvalue weighted by molar-refractivity contribution is 0.331. The van der Waals surface area contributed by atoms with Gasteiger partial charge in [-0.1, -0.05) is 0 Å². The Bertz CT molecular complexity index is 297. The largest absolute Gasteiger partial charge is 0.493 e. The molecule has 2 heterocycles. The van der Waals surface area contributed by atoms with E-state index < -0.39 is 0 Å².